The first kappa shape index (κ1) is 19.1. The molecule has 1 N–H and O–H groups in total. The first-order valence-corrected chi connectivity index (χ1v) is 10.1. The lowest BCUT2D eigenvalue weighted by molar-refractivity contribution is 0.102. The van der Waals surface area contributed by atoms with Crippen molar-refractivity contribution in [3.63, 3.8) is 0 Å². The second-order valence-electron chi connectivity index (χ2n) is 7.82. The Hall–Kier alpha value is -3.21. The molecule has 2 aromatic heterocycles. The summed E-state index contributed by atoms with van der Waals surface area (Å²) in [6.45, 7) is 6.41. The Morgan fingerprint density at radius 1 is 0.966 bits per heavy atom. The summed E-state index contributed by atoms with van der Waals surface area (Å²) in [6.07, 6.45) is 5.99. The van der Waals surface area contributed by atoms with Crippen LogP contribution in [0.1, 0.15) is 35.7 Å². The zero-order chi connectivity index (χ0) is 20.2. The molecular formula is C24H26N4O. The highest BCUT2D eigenvalue weighted by molar-refractivity contribution is 6.04. The van der Waals surface area contributed by atoms with Crippen LogP contribution < -0.4 is 10.2 Å². The van der Waals surface area contributed by atoms with Gasteiger partial charge in [-0.25, -0.2) is 9.97 Å². The molecule has 4 rings (SSSR count). The number of hydrogen-bond acceptors (Lipinski definition) is 4. The molecule has 0 saturated carbocycles. The third kappa shape index (κ3) is 4.62. The van der Waals surface area contributed by atoms with Crippen LogP contribution in [-0.4, -0.2) is 29.0 Å². The second-order valence-corrected chi connectivity index (χ2v) is 7.82. The van der Waals surface area contributed by atoms with Crippen molar-refractivity contribution in [2.24, 2.45) is 5.92 Å². The van der Waals surface area contributed by atoms with E-state index in [0.717, 1.165) is 41.5 Å². The van der Waals surface area contributed by atoms with E-state index in [-0.39, 0.29) is 5.91 Å². The molecule has 3 heterocycles. The Morgan fingerprint density at radius 2 is 1.62 bits per heavy atom. The Morgan fingerprint density at radius 3 is 2.34 bits per heavy atom. The maximum absolute atomic E-state index is 12.5. The van der Waals surface area contributed by atoms with E-state index < -0.39 is 0 Å². The molecule has 5 heteroatoms. The molecule has 0 spiro atoms. The van der Waals surface area contributed by atoms with Crippen LogP contribution in [0.3, 0.4) is 0 Å². The van der Waals surface area contributed by atoms with Crippen molar-refractivity contribution in [2.75, 3.05) is 23.3 Å². The van der Waals surface area contributed by atoms with Crippen LogP contribution >= 0.6 is 0 Å². The molecule has 0 unspecified atom stereocenters. The molecule has 1 saturated heterocycles. The summed E-state index contributed by atoms with van der Waals surface area (Å²) in [7, 11) is 0. The zero-order valence-corrected chi connectivity index (χ0v) is 16.9. The van der Waals surface area contributed by atoms with E-state index in [9.17, 15) is 4.79 Å². The van der Waals surface area contributed by atoms with Crippen LogP contribution in [0.15, 0.2) is 60.9 Å². The number of pyridine rings is 2. The average Bonchev–Trinajstić information content (AvgIpc) is 2.75. The molecule has 0 aliphatic carbocycles. The molecule has 0 radical (unpaired) electrons. The lowest BCUT2D eigenvalue weighted by Gasteiger charge is -2.31. The van der Waals surface area contributed by atoms with Gasteiger partial charge in [-0.1, -0.05) is 24.6 Å². The van der Waals surface area contributed by atoms with Gasteiger partial charge in [0.25, 0.3) is 5.91 Å². The van der Waals surface area contributed by atoms with Crippen LogP contribution in [0.4, 0.5) is 11.6 Å². The summed E-state index contributed by atoms with van der Waals surface area (Å²) >= 11 is 0. The number of piperidine rings is 1. The Kier molecular flexibility index (Phi) is 5.56. The minimum atomic E-state index is -0.160. The van der Waals surface area contributed by atoms with Crippen molar-refractivity contribution < 1.29 is 4.79 Å². The average molecular weight is 386 g/mol. The summed E-state index contributed by atoms with van der Waals surface area (Å²) in [5.41, 5.74) is 3.82. The van der Waals surface area contributed by atoms with Gasteiger partial charge in [-0.15, -0.1) is 0 Å². The number of nitrogens with one attached hydrogen (secondary N) is 1. The summed E-state index contributed by atoms with van der Waals surface area (Å²) in [6, 6.07) is 15.5. The Labute approximate surface area is 171 Å². The molecule has 1 amide bonds. The maximum atomic E-state index is 12.5. The molecule has 1 aliphatic rings. The van der Waals surface area contributed by atoms with Gasteiger partial charge < -0.3 is 10.2 Å². The topological polar surface area (TPSA) is 58.1 Å². The summed E-state index contributed by atoms with van der Waals surface area (Å²) in [5, 5.41) is 2.89. The fourth-order valence-corrected chi connectivity index (χ4v) is 3.58. The lowest BCUT2D eigenvalue weighted by atomic mass is 9.99. The van der Waals surface area contributed by atoms with Gasteiger partial charge in [0.05, 0.1) is 0 Å². The lowest BCUT2D eigenvalue weighted by Crippen LogP contribution is -2.33. The fourth-order valence-electron chi connectivity index (χ4n) is 3.58. The Balaban J connectivity index is 1.52. The number of aromatic nitrogens is 2. The molecule has 1 aromatic carbocycles. The first-order valence-electron chi connectivity index (χ1n) is 10.1. The SMILES string of the molecule is Cc1ccc(C(=O)Nc2cc(-c3ccnc(N4CCC(C)CC4)c3)ccn2)cc1. The quantitative estimate of drug-likeness (QED) is 0.690. The van der Waals surface area contributed by atoms with Gasteiger partial charge in [0.1, 0.15) is 11.6 Å². The van der Waals surface area contributed by atoms with Gasteiger partial charge in [0.15, 0.2) is 0 Å². The van der Waals surface area contributed by atoms with E-state index in [2.05, 4.69) is 33.2 Å². The number of carbonyl (C=O) groups excluding carboxylic acids is 1. The summed E-state index contributed by atoms with van der Waals surface area (Å²) in [4.78, 5) is 23.7. The highest BCUT2D eigenvalue weighted by atomic mass is 16.1. The third-order valence-corrected chi connectivity index (χ3v) is 5.50. The van der Waals surface area contributed by atoms with E-state index in [1.807, 2.05) is 55.6 Å². The Bertz CT molecular complexity index is 992. The number of hydrogen-bond donors (Lipinski definition) is 1. The second kappa shape index (κ2) is 8.43. The molecule has 5 nitrogen and oxygen atoms in total. The molecule has 148 valence electrons. The van der Waals surface area contributed by atoms with E-state index in [1.54, 1.807) is 6.20 Å². The fraction of sp³-hybridized carbons (Fsp3) is 0.292. The largest absolute Gasteiger partial charge is 0.357 e. The third-order valence-electron chi connectivity index (χ3n) is 5.50. The molecule has 0 bridgehead atoms. The van der Waals surface area contributed by atoms with Crippen LogP contribution in [0, 0.1) is 12.8 Å². The number of aryl methyl sites for hydroxylation is 1. The predicted molar refractivity (Wildman–Crippen MR) is 117 cm³/mol. The van der Waals surface area contributed by atoms with Crippen LogP contribution in [-0.2, 0) is 0 Å². The van der Waals surface area contributed by atoms with Crippen LogP contribution in [0.5, 0.6) is 0 Å². The van der Waals surface area contributed by atoms with Gasteiger partial charge in [-0.05, 0) is 73.2 Å². The smallest absolute Gasteiger partial charge is 0.256 e. The predicted octanol–water partition coefficient (Wildman–Crippen LogP) is 4.94. The van der Waals surface area contributed by atoms with Gasteiger partial charge >= 0.3 is 0 Å². The number of amides is 1. The summed E-state index contributed by atoms with van der Waals surface area (Å²) in [5.74, 6) is 2.18. The van der Waals surface area contributed by atoms with Gasteiger partial charge in [-0.3, -0.25) is 4.79 Å². The van der Waals surface area contributed by atoms with Crippen molar-refractivity contribution in [2.45, 2.75) is 26.7 Å². The van der Waals surface area contributed by atoms with Crippen LogP contribution in [0.2, 0.25) is 0 Å². The highest BCUT2D eigenvalue weighted by Gasteiger charge is 2.17. The van der Waals surface area contributed by atoms with E-state index >= 15 is 0 Å². The highest BCUT2D eigenvalue weighted by Crippen LogP contribution is 2.27. The molecule has 1 aliphatic heterocycles. The first-order chi connectivity index (χ1) is 14.1. The number of anilines is 2. The number of rotatable bonds is 4. The zero-order valence-electron chi connectivity index (χ0n) is 16.9. The number of carbonyl (C=O) groups is 1. The van der Waals surface area contributed by atoms with Crippen molar-refractivity contribution in [1.29, 1.82) is 0 Å². The van der Waals surface area contributed by atoms with E-state index in [1.165, 1.54) is 12.8 Å². The molecule has 1 fully saturated rings. The summed E-state index contributed by atoms with van der Waals surface area (Å²) < 4.78 is 0. The van der Waals surface area contributed by atoms with E-state index in [4.69, 9.17) is 0 Å². The minimum Gasteiger partial charge on any atom is -0.357 e. The molecule has 29 heavy (non-hydrogen) atoms. The monoisotopic (exact) mass is 386 g/mol. The number of nitrogens with zero attached hydrogens (tertiary/aromatic N) is 3. The molecular weight excluding hydrogens is 360 g/mol. The van der Waals surface area contributed by atoms with Crippen LogP contribution in [0.25, 0.3) is 11.1 Å². The van der Waals surface area contributed by atoms with Crippen molar-refractivity contribution in [3.05, 3.63) is 72.1 Å². The van der Waals surface area contributed by atoms with Gasteiger partial charge in [-0.2, -0.15) is 0 Å². The van der Waals surface area contributed by atoms with E-state index in [0.29, 0.717) is 11.4 Å². The normalized spacial score (nSPS) is 14.6. The van der Waals surface area contributed by atoms with Crippen molar-refractivity contribution in [1.82, 2.24) is 9.97 Å². The molecule has 3 aromatic rings. The molecule has 0 atom stereocenters. The van der Waals surface area contributed by atoms with Crippen molar-refractivity contribution >= 4 is 17.5 Å². The standard InChI is InChI=1S/C24H26N4O/c1-17-3-5-19(6-4-17)24(29)27-22-15-20(7-11-25-22)21-8-12-26-23(16-21)28-13-9-18(2)10-14-28/h3-8,11-12,15-16,18H,9-10,13-14H2,1-2H3,(H,25,27,29). The van der Waals surface area contributed by atoms with Gasteiger partial charge in [0, 0.05) is 31.0 Å². The van der Waals surface area contributed by atoms with Crippen molar-refractivity contribution in [3.8, 4) is 11.1 Å². The maximum Gasteiger partial charge on any atom is 0.256 e. The van der Waals surface area contributed by atoms with Gasteiger partial charge in [0.2, 0.25) is 0 Å². The number of benzene rings is 1. The minimum absolute atomic E-state index is 0.160.